The maximum absolute atomic E-state index is 10.5. The smallest absolute Gasteiger partial charge is 0.253 e. The Morgan fingerprint density at radius 2 is 2.00 bits per heavy atom. The molecule has 0 aliphatic heterocycles. The molecule has 0 fully saturated rings. The molecule has 0 bridgehead atoms. The largest absolute Gasteiger partial charge is 0.342 e. The van der Waals surface area contributed by atoms with E-state index in [4.69, 9.17) is 11.6 Å². The van der Waals surface area contributed by atoms with Gasteiger partial charge >= 0.3 is 0 Å². The molecule has 1 aromatic carbocycles. The number of aromatic amines is 1. The molecule has 0 aliphatic carbocycles. The third-order valence-electron chi connectivity index (χ3n) is 2.85. The molecule has 3 rings (SSSR count). The highest BCUT2D eigenvalue weighted by molar-refractivity contribution is 6.33. The third kappa shape index (κ3) is 2.32. The van der Waals surface area contributed by atoms with Crippen LogP contribution in [0.15, 0.2) is 36.5 Å². The summed E-state index contributed by atoms with van der Waals surface area (Å²) in [6.45, 7) is 0. The molecule has 0 radical (unpaired) electrons. The Morgan fingerprint density at radius 3 is 2.68 bits per heavy atom. The minimum absolute atomic E-state index is 0.394. The molecule has 0 amide bonds. The Labute approximate surface area is 113 Å². The highest BCUT2D eigenvalue weighted by Crippen LogP contribution is 2.19. The third-order valence-corrected chi connectivity index (χ3v) is 3.13. The second-order valence-corrected chi connectivity index (χ2v) is 4.52. The van der Waals surface area contributed by atoms with Gasteiger partial charge in [-0.3, -0.25) is 0 Å². The fraction of sp³-hybridized carbons (Fsp3) is 0.0769. The fourth-order valence-corrected chi connectivity index (χ4v) is 2.12. The molecule has 0 atom stereocenters. The second-order valence-electron chi connectivity index (χ2n) is 4.16. The summed E-state index contributed by atoms with van der Waals surface area (Å²) in [7, 11) is 0. The number of pyridine rings is 1. The minimum Gasteiger partial charge on any atom is -0.342 e. The minimum atomic E-state index is 0.394. The predicted molar refractivity (Wildman–Crippen MR) is 72.1 cm³/mol. The Balaban J connectivity index is 1.92. The van der Waals surface area contributed by atoms with E-state index in [9.17, 15) is 4.91 Å². The lowest BCUT2D eigenvalue weighted by Crippen LogP contribution is -2.55. The van der Waals surface area contributed by atoms with Gasteiger partial charge in [-0.25, -0.2) is 9.97 Å². The molecule has 94 valence electrons. The highest BCUT2D eigenvalue weighted by Gasteiger charge is 2.08. The average Bonchev–Trinajstić information content (AvgIpc) is 2.84. The van der Waals surface area contributed by atoms with Crippen molar-refractivity contribution in [1.82, 2.24) is 15.0 Å². The zero-order valence-corrected chi connectivity index (χ0v) is 10.6. The van der Waals surface area contributed by atoms with Crippen molar-refractivity contribution >= 4 is 28.3 Å². The van der Waals surface area contributed by atoms with E-state index >= 15 is 0 Å². The number of imidazole rings is 1. The van der Waals surface area contributed by atoms with Crippen molar-refractivity contribution < 1.29 is 5.18 Å². The SMILES string of the molecule is O=[NH+]c1ccc(Cc2nc3c(Cl)nccc3[nH]2)cc1. The molecule has 2 aromatic heterocycles. The first kappa shape index (κ1) is 11.8. The molecule has 0 saturated carbocycles. The summed E-state index contributed by atoms with van der Waals surface area (Å²) >= 11 is 5.98. The quantitative estimate of drug-likeness (QED) is 0.713. The van der Waals surface area contributed by atoms with Crippen LogP contribution in [0.25, 0.3) is 11.0 Å². The van der Waals surface area contributed by atoms with E-state index < -0.39 is 0 Å². The van der Waals surface area contributed by atoms with Crippen LogP contribution in [0.5, 0.6) is 0 Å². The summed E-state index contributed by atoms with van der Waals surface area (Å²) in [5.41, 5.74) is 3.15. The Kier molecular flexibility index (Phi) is 2.97. The van der Waals surface area contributed by atoms with Gasteiger partial charge in [0.15, 0.2) is 5.15 Å². The summed E-state index contributed by atoms with van der Waals surface area (Å²) in [6.07, 6.45) is 2.28. The Bertz CT molecular complexity index is 736. The number of halogens is 1. The van der Waals surface area contributed by atoms with Gasteiger partial charge in [0, 0.05) is 34.8 Å². The van der Waals surface area contributed by atoms with Crippen LogP contribution in [-0.2, 0) is 6.42 Å². The highest BCUT2D eigenvalue weighted by atomic mass is 35.5. The number of rotatable bonds is 3. The van der Waals surface area contributed by atoms with Crippen molar-refractivity contribution in [2.45, 2.75) is 6.42 Å². The van der Waals surface area contributed by atoms with Gasteiger partial charge in [-0.2, -0.15) is 0 Å². The van der Waals surface area contributed by atoms with Gasteiger partial charge < -0.3 is 4.98 Å². The molecule has 0 aliphatic rings. The monoisotopic (exact) mass is 273 g/mol. The molecule has 19 heavy (non-hydrogen) atoms. The fourth-order valence-electron chi connectivity index (χ4n) is 1.92. The number of nitrogens with zero attached hydrogens (tertiary/aromatic N) is 2. The summed E-state index contributed by atoms with van der Waals surface area (Å²) < 4.78 is 0. The van der Waals surface area contributed by atoms with Crippen molar-refractivity contribution in [2.24, 2.45) is 0 Å². The maximum atomic E-state index is 10.5. The van der Waals surface area contributed by atoms with Crippen LogP contribution in [0.1, 0.15) is 11.4 Å². The molecule has 2 heterocycles. The first-order valence-electron chi connectivity index (χ1n) is 5.72. The van der Waals surface area contributed by atoms with Gasteiger partial charge in [-0.15, -0.1) is 0 Å². The number of aromatic nitrogens is 3. The first-order chi connectivity index (χ1) is 9.26. The molecular weight excluding hydrogens is 264 g/mol. The molecular formula is C13H10ClN4O+. The number of hydrogen-bond donors (Lipinski definition) is 2. The molecule has 0 spiro atoms. The average molecular weight is 274 g/mol. The first-order valence-corrected chi connectivity index (χ1v) is 6.10. The van der Waals surface area contributed by atoms with Crippen LogP contribution in [0.2, 0.25) is 5.15 Å². The summed E-state index contributed by atoms with van der Waals surface area (Å²) in [5, 5.41) is 2.24. The molecule has 3 aromatic rings. The number of nitroso groups, excluding NO2 is 1. The number of hydrogen-bond acceptors (Lipinski definition) is 3. The van der Waals surface area contributed by atoms with Gasteiger partial charge in [0.1, 0.15) is 11.3 Å². The standard InChI is InChI=1S/C13H9ClN4O/c14-13-12-10(5-6-15-13)16-11(17-12)7-8-1-3-9(18-19)4-2-8/h1-6H,7H2,(H,16,17)/p+1. The van der Waals surface area contributed by atoms with Crippen LogP contribution in [-0.4, -0.2) is 15.0 Å². The summed E-state index contributed by atoms with van der Waals surface area (Å²) in [5.74, 6) is 0.813. The number of nitrogens with one attached hydrogen (secondary N) is 2. The van der Waals surface area contributed by atoms with Crippen LogP contribution in [0.3, 0.4) is 0 Å². The maximum Gasteiger partial charge on any atom is 0.253 e. The lowest BCUT2D eigenvalue weighted by atomic mass is 10.1. The molecule has 0 saturated heterocycles. The Hall–Kier alpha value is -2.27. The lowest BCUT2D eigenvalue weighted by molar-refractivity contribution is -0.379. The zero-order chi connectivity index (χ0) is 13.2. The van der Waals surface area contributed by atoms with E-state index in [2.05, 4.69) is 15.0 Å². The Morgan fingerprint density at radius 1 is 1.21 bits per heavy atom. The van der Waals surface area contributed by atoms with Crippen LogP contribution in [0, 0.1) is 4.91 Å². The van der Waals surface area contributed by atoms with Crippen LogP contribution < -0.4 is 5.18 Å². The van der Waals surface area contributed by atoms with Crippen LogP contribution >= 0.6 is 11.6 Å². The second kappa shape index (κ2) is 4.78. The van der Waals surface area contributed by atoms with E-state index in [0.717, 1.165) is 16.9 Å². The van der Waals surface area contributed by atoms with Crippen molar-refractivity contribution in [3.8, 4) is 0 Å². The molecule has 6 heteroatoms. The van der Waals surface area contributed by atoms with Gasteiger partial charge in [-0.1, -0.05) is 23.7 Å². The van der Waals surface area contributed by atoms with E-state index in [-0.39, 0.29) is 0 Å². The normalized spacial score (nSPS) is 10.8. The van der Waals surface area contributed by atoms with E-state index in [0.29, 0.717) is 22.8 Å². The predicted octanol–water partition coefficient (Wildman–Crippen LogP) is 1.68. The topological polar surface area (TPSA) is 72.6 Å². The van der Waals surface area contributed by atoms with Crippen molar-refractivity contribution in [3.05, 3.63) is 58.0 Å². The molecule has 0 unspecified atom stereocenters. The molecule has 5 nitrogen and oxygen atoms in total. The van der Waals surface area contributed by atoms with E-state index in [1.807, 2.05) is 23.4 Å². The van der Waals surface area contributed by atoms with Gasteiger partial charge in [0.25, 0.3) is 5.69 Å². The number of H-pyrrole nitrogens is 1. The van der Waals surface area contributed by atoms with Gasteiger partial charge in [0.05, 0.1) is 5.52 Å². The van der Waals surface area contributed by atoms with E-state index in [1.165, 1.54) is 0 Å². The summed E-state index contributed by atoms with van der Waals surface area (Å²) in [4.78, 5) is 22.1. The van der Waals surface area contributed by atoms with E-state index in [1.54, 1.807) is 18.3 Å². The van der Waals surface area contributed by atoms with Crippen molar-refractivity contribution in [1.29, 1.82) is 0 Å². The number of fused-ring (bicyclic) bond motifs is 1. The zero-order valence-electron chi connectivity index (χ0n) is 9.85. The van der Waals surface area contributed by atoms with Crippen molar-refractivity contribution in [3.63, 3.8) is 0 Å². The summed E-state index contributed by atoms with van der Waals surface area (Å²) in [6, 6.07) is 9.07. The van der Waals surface area contributed by atoms with Crippen molar-refractivity contribution in [2.75, 3.05) is 0 Å². The van der Waals surface area contributed by atoms with Gasteiger partial charge in [0.2, 0.25) is 0 Å². The number of benzene rings is 1. The molecule has 2 N–H and O–H groups in total. The van der Waals surface area contributed by atoms with Crippen LogP contribution in [0.4, 0.5) is 5.69 Å². The van der Waals surface area contributed by atoms with Gasteiger partial charge in [-0.05, 0) is 11.6 Å². The lowest BCUT2D eigenvalue weighted by Gasteiger charge is -1.96.